The highest BCUT2D eigenvalue weighted by Gasteiger charge is 2.28. The molecule has 1 amide bonds. The summed E-state index contributed by atoms with van der Waals surface area (Å²) in [7, 11) is -4.16. The van der Waals surface area contributed by atoms with E-state index in [-0.39, 0.29) is 39.7 Å². The molecule has 0 saturated carbocycles. The summed E-state index contributed by atoms with van der Waals surface area (Å²) in [6.45, 7) is 2.62. The van der Waals surface area contributed by atoms with Crippen LogP contribution in [-0.2, 0) is 10.0 Å². The van der Waals surface area contributed by atoms with Crippen LogP contribution in [0.2, 0.25) is 0 Å². The van der Waals surface area contributed by atoms with Gasteiger partial charge in [0, 0.05) is 37.1 Å². The summed E-state index contributed by atoms with van der Waals surface area (Å²) in [6, 6.07) is 13.1. The molecule has 4 aromatic rings. The van der Waals surface area contributed by atoms with Crippen molar-refractivity contribution in [3.8, 4) is 0 Å². The number of nitrogens with one attached hydrogen (secondary N) is 2. The number of piperidine rings is 1. The number of hydrogen-bond acceptors (Lipinski definition) is 7. The maximum atomic E-state index is 13.7. The highest BCUT2D eigenvalue weighted by Crippen LogP contribution is 2.31. The van der Waals surface area contributed by atoms with Crippen molar-refractivity contribution in [1.82, 2.24) is 15.0 Å². The molecular formula is C27H25F2N5O4S. The average Bonchev–Trinajstić information content (AvgIpc) is 3.43. The third kappa shape index (κ3) is 5.90. The van der Waals surface area contributed by atoms with Gasteiger partial charge in [0.2, 0.25) is 0 Å². The molecule has 39 heavy (non-hydrogen) atoms. The molecule has 0 spiro atoms. The highest BCUT2D eigenvalue weighted by atomic mass is 32.2. The molecule has 5 rings (SSSR count). The fourth-order valence-corrected chi connectivity index (χ4v) is 5.50. The quantitative estimate of drug-likeness (QED) is 0.322. The van der Waals surface area contributed by atoms with Gasteiger partial charge < -0.3 is 14.7 Å². The number of sulfonamides is 1. The molecule has 1 aliphatic heterocycles. The number of anilines is 3. The number of likely N-dealkylation sites (tertiary alicyclic amines) is 1. The molecule has 1 aliphatic rings. The van der Waals surface area contributed by atoms with E-state index >= 15 is 0 Å². The Bertz CT molecular complexity index is 1590. The van der Waals surface area contributed by atoms with E-state index in [2.05, 4.69) is 24.7 Å². The molecule has 0 radical (unpaired) electrons. The summed E-state index contributed by atoms with van der Waals surface area (Å²) in [6.07, 6.45) is 3.82. The van der Waals surface area contributed by atoms with Gasteiger partial charge in [0.25, 0.3) is 15.9 Å². The van der Waals surface area contributed by atoms with E-state index in [1.807, 2.05) is 0 Å². The Morgan fingerprint density at radius 1 is 1.00 bits per heavy atom. The number of hydrogen-bond donors (Lipinski definition) is 2. The van der Waals surface area contributed by atoms with Crippen molar-refractivity contribution in [3.05, 3.63) is 95.4 Å². The van der Waals surface area contributed by atoms with E-state index in [1.165, 1.54) is 54.9 Å². The number of carbonyl (C=O) groups is 1. The largest absolute Gasteiger partial charge is 0.363 e. The maximum Gasteiger partial charge on any atom is 0.280 e. The Hall–Kier alpha value is -4.32. The molecule has 1 fully saturated rings. The summed E-state index contributed by atoms with van der Waals surface area (Å²) in [4.78, 5) is 19.4. The van der Waals surface area contributed by atoms with Gasteiger partial charge in [0.1, 0.15) is 17.9 Å². The number of aryl methyl sites for hydroxylation is 1. The lowest BCUT2D eigenvalue weighted by Gasteiger charge is -2.32. The first-order valence-electron chi connectivity index (χ1n) is 12.2. The summed E-state index contributed by atoms with van der Waals surface area (Å²) in [5.74, 6) is -0.867. The minimum Gasteiger partial charge on any atom is -0.363 e. The van der Waals surface area contributed by atoms with Gasteiger partial charge in [-0.1, -0.05) is 17.3 Å². The van der Waals surface area contributed by atoms with Gasteiger partial charge in [-0.3, -0.25) is 9.52 Å². The van der Waals surface area contributed by atoms with Gasteiger partial charge in [-0.15, -0.1) is 0 Å². The van der Waals surface area contributed by atoms with Crippen molar-refractivity contribution in [2.75, 3.05) is 23.1 Å². The van der Waals surface area contributed by atoms with Gasteiger partial charge in [-0.2, -0.15) is 8.42 Å². The summed E-state index contributed by atoms with van der Waals surface area (Å²) >= 11 is 0. The number of carbonyl (C=O) groups excluding carboxylic acids is 1. The smallest absolute Gasteiger partial charge is 0.280 e. The van der Waals surface area contributed by atoms with Crippen molar-refractivity contribution < 1.29 is 26.5 Å². The number of pyridine rings is 1. The standard InChI is InChI=1S/C27H25F2N5O4S/c1-17-14-21(29)6-7-23(17)31-24-15-26(39(36,37)33-25-10-13-38-32-25)30-16-22(24)27(35)34-11-8-19(9-12-34)18-2-4-20(28)5-3-18/h2-7,10,13-16,19H,8-9,11-12H2,1H3,(H,30,31)(H,32,33). The second kappa shape index (κ2) is 10.8. The predicted molar refractivity (Wildman–Crippen MR) is 140 cm³/mol. The Morgan fingerprint density at radius 3 is 2.38 bits per heavy atom. The molecule has 2 aromatic heterocycles. The van der Waals surface area contributed by atoms with Crippen molar-refractivity contribution in [2.24, 2.45) is 0 Å². The van der Waals surface area contributed by atoms with Crippen molar-refractivity contribution in [1.29, 1.82) is 0 Å². The van der Waals surface area contributed by atoms with E-state index in [1.54, 1.807) is 24.0 Å². The molecule has 2 N–H and O–H groups in total. The molecule has 0 aliphatic carbocycles. The number of aromatic nitrogens is 2. The van der Waals surface area contributed by atoms with Crippen LogP contribution in [0.15, 0.2) is 76.6 Å². The first kappa shape index (κ1) is 26.3. The molecule has 3 heterocycles. The molecule has 9 nitrogen and oxygen atoms in total. The Kier molecular flexibility index (Phi) is 7.29. The monoisotopic (exact) mass is 553 g/mol. The van der Waals surface area contributed by atoms with Crippen LogP contribution in [0.25, 0.3) is 0 Å². The zero-order valence-corrected chi connectivity index (χ0v) is 21.7. The number of amides is 1. The topological polar surface area (TPSA) is 117 Å². The molecule has 0 bridgehead atoms. The fourth-order valence-electron chi connectivity index (χ4n) is 4.55. The molecule has 2 aromatic carbocycles. The van der Waals surface area contributed by atoms with Crippen LogP contribution in [0.4, 0.5) is 26.0 Å². The van der Waals surface area contributed by atoms with Crippen molar-refractivity contribution in [3.63, 3.8) is 0 Å². The fraction of sp³-hybridized carbons (Fsp3) is 0.222. The van der Waals surface area contributed by atoms with E-state index in [4.69, 9.17) is 0 Å². The van der Waals surface area contributed by atoms with Gasteiger partial charge >= 0.3 is 0 Å². The lowest BCUT2D eigenvalue weighted by molar-refractivity contribution is 0.0713. The van der Waals surface area contributed by atoms with E-state index in [9.17, 15) is 22.0 Å². The van der Waals surface area contributed by atoms with E-state index in [0.717, 1.165) is 5.56 Å². The van der Waals surface area contributed by atoms with Crippen LogP contribution in [0, 0.1) is 18.6 Å². The normalized spacial score (nSPS) is 14.3. The predicted octanol–water partition coefficient (Wildman–Crippen LogP) is 5.22. The Labute approximate surface area is 223 Å². The van der Waals surface area contributed by atoms with Gasteiger partial charge in [0.15, 0.2) is 10.8 Å². The SMILES string of the molecule is Cc1cc(F)ccc1Nc1cc(S(=O)(=O)Nc2ccon2)ncc1C(=O)N1CCC(c2ccc(F)cc2)CC1. The molecule has 0 atom stereocenters. The number of halogens is 2. The van der Waals surface area contributed by atoms with E-state index in [0.29, 0.717) is 37.2 Å². The van der Waals surface area contributed by atoms with Crippen LogP contribution in [0.1, 0.15) is 40.2 Å². The van der Waals surface area contributed by atoms with E-state index < -0.39 is 15.8 Å². The summed E-state index contributed by atoms with van der Waals surface area (Å²) in [5.41, 5.74) is 2.45. The zero-order chi connectivity index (χ0) is 27.6. The number of rotatable bonds is 7. The zero-order valence-electron chi connectivity index (χ0n) is 20.9. The van der Waals surface area contributed by atoms with Gasteiger partial charge in [0.05, 0.1) is 11.3 Å². The van der Waals surface area contributed by atoms with Crippen molar-refractivity contribution >= 4 is 33.1 Å². The van der Waals surface area contributed by atoms with Crippen LogP contribution in [0.5, 0.6) is 0 Å². The number of benzene rings is 2. The average molecular weight is 554 g/mol. The highest BCUT2D eigenvalue weighted by molar-refractivity contribution is 7.92. The summed E-state index contributed by atoms with van der Waals surface area (Å²) in [5, 5.41) is 6.29. The van der Waals surface area contributed by atoms with Gasteiger partial charge in [-0.05, 0) is 67.1 Å². The van der Waals surface area contributed by atoms with Crippen molar-refractivity contribution in [2.45, 2.75) is 30.7 Å². The number of nitrogens with zero attached hydrogens (tertiary/aromatic N) is 3. The van der Waals surface area contributed by atoms with Crippen LogP contribution < -0.4 is 10.0 Å². The van der Waals surface area contributed by atoms with Crippen LogP contribution >= 0.6 is 0 Å². The Balaban J connectivity index is 1.42. The van der Waals surface area contributed by atoms with Gasteiger partial charge in [-0.25, -0.2) is 13.8 Å². The lowest BCUT2D eigenvalue weighted by Crippen LogP contribution is -2.38. The molecular weight excluding hydrogens is 528 g/mol. The summed E-state index contributed by atoms with van der Waals surface area (Å²) < 4.78 is 59.8. The molecule has 1 saturated heterocycles. The minimum atomic E-state index is -4.16. The first-order chi connectivity index (χ1) is 18.7. The Morgan fingerprint density at radius 2 is 1.72 bits per heavy atom. The first-order valence-corrected chi connectivity index (χ1v) is 13.7. The third-order valence-electron chi connectivity index (χ3n) is 6.64. The second-order valence-electron chi connectivity index (χ2n) is 9.26. The third-order valence-corrected chi connectivity index (χ3v) is 7.89. The molecule has 0 unspecified atom stereocenters. The van der Waals surface area contributed by atoms with Crippen LogP contribution in [0.3, 0.4) is 0 Å². The minimum absolute atomic E-state index is 0.0233. The maximum absolute atomic E-state index is 13.7. The molecule has 12 heteroatoms. The second-order valence-corrected chi connectivity index (χ2v) is 10.9. The molecule has 202 valence electrons. The lowest BCUT2D eigenvalue weighted by atomic mass is 9.89. The van der Waals surface area contributed by atoms with Crippen LogP contribution in [-0.4, -0.2) is 42.5 Å².